The lowest BCUT2D eigenvalue weighted by molar-refractivity contribution is 1.06. The Kier molecular flexibility index (Phi) is 6.90. The molecular formula is C50H33NO. The third-order valence-corrected chi connectivity index (χ3v) is 10.6. The van der Waals surface area contributed by atoms with E-state index in [4.69, 9.17) is 0 Å². The summed E-state index contributed by atoms with van der Waals surface area (Å²) in [5.74, 6) is 0. The summed E-state index contributed by atoms with van der Waals surface area (Å²) in [6.45, 7) is 2.12. The van der Waals surface area contributed by atoms with Gasteiger partial charge in [-0.3, -0.25) is 9.36 Å². The summed E-state index contributed by atoms with van der Waals surface area (Å²) in [4.78, 5) is 14.5. The van der Waals surface area contributed by atoms with E-state index in [0.29, 0.717) is 5.39 Å². The van der Waals surface area contributed by atoms with Crippen molar-refractivity contribution in [2.45, 2.75) is 6.92 Å². The molecule has 0 radical (unpaired) electrons. The second-order valence-electron chi connectivity index (χ2n) is 13.7. The maximum atomic E-state index is 14.5. The third-order valence-electron chi connectivity index (χ3n) is 10.6. The van der Waals surface area contributed by atoms with Gasteiger partial charge in [0.05, 0.1) is 11.2 Å². The first kappa shape index (κ1) is 30.1. The van der Waals surface area contributed by atoms with Crippen molar-refractivity contribution in [1.29, 1.82) is 0 Å². The van der Waals surface area contributed by atoms with Gasteiger partial charge in [-0.25, -0.2) is 0 Å². The van der Waals surface area contributed by atoms with Gasteiger partial charge in [0.15, 0.2) is 0 Å². The quantitative estimate of drug-likeness (QED) is 0.172. The van der Waals surface area contributed by atoms with Crippen LogP contribution in [-0.2, 0) is 0 Å². The number of hydrogen-bond acceptors (Lipinski definition) is 1. The molecule has 0 aliphatic rings. The molecule has 2 nitrogen and oxygen atoms in total. The fourth-order valence-electron chi connectivity index (χ4n) is 8.18. The van der Waals surface area contributed by atoms with Crippen LogP contribution in [0.15, 0.2) is 187 Å². The molecule has 0 atom stereocenters. The van der Waals surface area contributed by atoms with Gasteiger partial charge in [-0.1, -0.05) is 139 Å². The van der Waals surface area contributed by atoms with Gasteiger partial charge in [0, 0.05) is 16.3 Å². The molecule has 0 unspecified atom stereocenters. The number of benzene rings is 9. The first-order valence-corrected chi connectivity index (χ1v) is 17.8. The number of pyridine rings is 1. The zero-order chi connectivity index (χ0) is 34.8. The number of nitrogens with zero attached hydrogens (tertiary/aromatic N) is 1. The number of aryl methyl sites for hydroxylation is 1. The summed E-state index contributed by atoms with van der Waals surface area (Å²) in [6, 6.07) is 64.4. The molecule has 0 aliphatic heterocycles. The van der Waals surface area contributed by atoms with Gasteiger partial charge < -0.3 is 0 Å². The van der Waals surface area contributed by atoms with E-state index in [2.05, 4.69) is 153 Å². The number of hydrogen-bond donors (Lipinski definition) is 0. The van der Waals surface area contributed by atoms with Crippen molar-refractivity contribution in [2.24, 2.45) is 0 Å². The predicted molar refractivity (Wildman–Crippen MR) is 221 cm³/mol. The van der Waals surface area contributed by atoms with Crippen LogP contribution in [0.25, 0.3) is 93.1 Å². The lowest BCUT2D eigenvalue weighted by Gasteiger charge is -2.19. The maximum absolute atomic E-state index is 14.5. The van der Waals surface area contributed by atoms with Crippen molar-refractivity contribution >= 4 is 54.0 Å². The van der Waals surface area contributed by atoms with Crippen LogP contribution in [0.3, 0.4) is 0 Å². The SMILES string of the molecule is Cc1ccc(-n2c(=O)c3ccccc3c3ccccc32)c(-c2cc(-c3ccccc3)cc(-c3ccc4c5ccccc5c5ccccc5c4c3)c2)c1. The minimum Gasteiger partial charge on any atom is -0.276 e. The molecule has 0 saturated carbocycles. The minimum atomic E-state index is -0.0209. The highest BCUT2D eigenvalue weighted by atomic mass is 16.1. The van der Waals surface area contributed by atoms with Gasteiger partial charge >= 0.3 is 0 Å². The number of fused-ring (bicyclic) bond motifs is 9. The highest BCUT2D eigenvalue weighted by molar-refractivity contribution is 6.25. The zero-order valence-corrected chi connectivity index (χ0v) is 28.7. The number of aromatic nitrogens is 1. The Balaban J connectivity index is 1.26. The normalized spacial score (nSPS) is 11.6. The van der Waals surface area contributed by atoms with E-state index in [0.717, 1.165) is 60.9 Å². The Morgan fingerprint density at radius 2 is 0.846 bits per heavy atom. The monoisotopic (exact) mass is 663 g/mol. The predicted octanol–water partition coefficient (Wildman–Crippen LogP) is 12.9. The lowest BCUT2D eigenvalue weighted by atomic mass is 9.89. The molecule has 0 spiro atoms. The molecule has 1 heterocycles. The van der Waals surface area contributed by atoms with Crippen LogP contribution in [0.1, 0.15) is 5.56 Å². The molecule has 52 heavy (non-hydrogen) atoms. The summed E-state index contributed by atoms with van der Waals surface area (Å²) < 4.78 is 1.91. The van der Waals surface area contributed by atoms with Crippen LogP contribution >= 0.6 is 0 Å². The standard InChI is InChI=1S/C50H33NO/c1-32-23-26-49(51-48-22-12-11-20-44(48)42-19-9-10-21-45(42)50(51)52)46(27-32)37-29-35(33-13-3-2-4-14-33)28-36(30-37)34-24-25-43-40-17-6-5-15-38(40)39-16-7-8-18-41(39)47(43)31-34/h2-31H,1H3. The Morgan fingerprint density at radius 1 is 0.346 bits per heavy atom. The molecule has 9 aromatic carbocycles. The van der Waals surface area contributed by atoms with E-state index < -0.39 is 0 Å². The molecule has 0 bridgehead atoms. The topological polar surface area (TPSA) is 22.0 Å². The molecule has 1 aromatic heterocycles. The molecule has 0 fully saturated rings. The summed E-state index contributed by atoms with van der Waals surface area (Å²) in [6.07, 6.45) is 0. The Bertz CT molecular complexity index is 3060. The van der Waals surface area contributed by atoms with Crippen molar-refractivity contribution in [3.8, 4) is 39.1 Å². The van der Waals surface area contributed by atoms with Crippen LogP contribution in [0.5, 0.6) is 0 Å². The second kappa shape index (κ2) is 11.9. The average molecular weight is 664 g/mol. The van der Waals surface area contributed by atoms with Crippen LogP contribution in [0.2, 0.25) is 0 Å². The highest BCUT2D eigenvalue weighted by Gasteiger charge is 2.18. The summed E-state index contributed by atoms with van der Waals surface area (Å²) in [5.41, 5.74) is 9.48. The third kappa shape index (κ3) is 4.76. The fourth-order valence-corrected chi connectivity index (χ4v) is 8.18. The first-order chi connectivity index (χ1) is 25.6. The Hall–Kier alpha value is -6.77. The van der Waals surface area contributed by atoms with Crippen molar-refractivity contribution in [3.05, 3.63) is 198 Å². The van der Waals surface area contributed by atoms with E-state index in [9.17, 15) is 4.79 Å². The van der Waals surface area contributed by atoms with E-state index in [1.807, 2.05) is 41.0 Å². The van der Waals surface area contributed by atoms with Gasteiger partial charge in [-0.15, -0.1) is 0 Å². The van der Waals surface area contributed by atoms with Crippen molar-refractivity contribution in [3.63, 3.8) is 0 Å². The van der Waals surface area contributed by atoms with Crippen LogP contribution in [0.4, 0.5) is 0 Å². The lowest BCUT2D eigenvalue weighted by Crippen LogP contribution is -2.20. The van der Waals surface area contributed by atoms with Crippen molar-refractivity contribution in [1.82, 2.24) is 4.57 Å². The maximum Gasteiger partial charge on any atom is 0.263 e. The van der Waals surface area contributed by atoms with Crippen LogP contribution in [-0.4, -0.2) is 4.57 Å². The van der Waals surface area contributed by atoms with Crippen molar-refractivity contribution in [2.75, 3.05) is 0 Å². The zero-order valence-electron chi connectivity index (χ0n) is 28.7. The molecule has 0 saturated heterocycles. The fraction of sp³-hybridized carbons (Fsp3) is 0.0200. The summed E-state index contributed by atoms with van der Waals surface area (Å²) in [7, 11) is 0. The van der Waals surface area contributed by atoms with Gasteiger partial charge in [0.2, 0.25) is 0 Å². The first-order valence-electron chi connectivity index (χ1n) is 17.8. The van der Waals surface area contributed by atoms with Gasteiger partial charge in [-0.05, 0) is 121 Å². The van der Waals surface area contributed by atoms with E-state index in [1.165, 1.54) is 32.3 Å². The van der Waals surface area contributed by atoms with E-state index in [1.54, 1.807) is 0 Å². The van der Waals surface area contributed by atoms with E-state index in [-0.39, 0.29) is 5.56 Å². The van der Waals surface area contributed by atoms with Crippen LogP contribution < -0.4 is 5.56 Å². The molecule has 244 valence electrons. The second-order valence-corrected chi connectivity index (χ2v) is 13.7. The minimum absolute atomic E-state index is 0.0209. The smallest absolute Gasteiger partial charge is 0.263 e. The van der Waals surface area contributed by atoms with Gasteiger partial charge in [-0.2, -0.15) is 0 Å². The molecular weight excluding hydrogens is 631 g/mol. The molecule has 0 N–H and O–H groups in total. The molecule has 10 aromatic rings. The largest absolute Gasteiger partial charge is 0.276 e. The van der Waals surface area contributed by atoms with Crippen LogP contribution in [0, 0.1) is 6.92 Å². The molecule has 10 rings (SSSR count). The molecule has 2 heteroatoms. The highest BCUT2D eigenvalue weighted by Crippen LogP contribution is 2.40. The van der Waals surface area contributed by atoms with Gasteiger partial charge in [0.25, 0.3) is 5.56 Å². The average Bonchev–Trinajstić information content (AvgIpc) is 3.21. The number of rotatable bonds is 4. The molecule has 0 aliphatic carbocycles. The van der Waals surface area contributed by atoms with E-state index >= 15 is 0 Å². The number of para-hydroxylation sites is 1. The Morgan fingerprint density at radius 3 is 1.52 bits per heavy atom. The van der Waals surface area contributed by atoms with Crippen molar-refractivity contribution < 1.29 is 0 Å². The molecule has 0 amide bonds. The van der Waals surface area contributed by atoms with Gasteiger partial charge in [0.1, 0.15) is 0 Å². The summed E-state index contributed by atoms with van der Waals surface area (Å²) >= 11 is 0. The summed E-state index contributed by atoms with van der Waals surface area (Å²) in [5, 5.41) is 10.3. The Labute approximate surface area is 301 Å².